The Hall–Kier alpha value is -1.18. The van der Waals surface area contributed by atoms with Crippen LogP contribution in [-0.2, 0) is 6.54 Å². The van der Waals surface area contributed by atoms with E-state index >= 15 is 0 Å². The Morgan fingerprint density at radius 2 is 2.19 bits per heavy atom. The molecule has 0 aliphatic rings. The first-order chi connectivity index (χ1) is 7.58. The zero-order chi connectivity index (χ0) is 11.7. The van der Waals surface area contributed by atoms with Crippen LogP contribution in [0, 0.1) is 17.4 Å². The molecule has 0 bridgehead atoms. The summed E-state index contributed by atoms with van der Waals surface area (Å²) in [6.07, 6.45) is 1.75. The molecule has 0 saturated carbocycles. The van der Waals surface area contributed by atoms with Crippen LogP contribution in [-0.4, -0.2) is 19.7 Å². The van der Waals surface area contributed by atoms with Crippen LogP contribution in [0.15, 0.2) is 12.3 Å². The molecular weight excluding hydrogens is 317 g/mol. The van der Waals surface area contributed by atoms with Gasteiger partial charge < -0.3 is 5.73 Å². The van der Waals surface area contributed by atoms with E-state index in [0.717, 1.165) is 20.8 Å². The molecule has 84 valence electrons. The van der Waals surface area contributed by atoms with Crippen LogP contribution in [0.1, 0.15) is 17.2 Å². The third-order valence-electron chi connectivity index (χ3n) is 2.24. The van der Waals surface area contributed by atoms with Crippen LogP contribution < -0.4 is 5.73 Å². The van der Waals surface area contributed by atoms with E-state index in [1.54, 1.807) is 10.9 Å². The maximum absolute atomic E-state index is 5.94. The van der Waals surface area contributed by atoms with Crippen molar-refractivity contribution < 1.29 is 0 Å². The van der Waals surface area contributed by atoms with Crippen LogP contribution in [0.2, 0.25) is 0 Å². The quantitative estimate of drug-likeness (QED) is 0.849. The Bertz CT molecular complexity index is 520. The highest BCUT2D eigenvalue weighted by molar-refractivity contribution is 14.1. The molecule has 0 saturated heterocycles. The lowest BCUT2D eigenvalue weighted by molar-refractivity contribution is 0.671. The summed E-state index contributed by atoms with van der Waals surface area (Å²) in [6.45, 7) is 4.39. The summed E-state index contributed by atoms with van der Waals surface area (Å²) in [6, 6.07) is 1.87. The standard InChI is InChI=1S/C10H12IN5/c1-6-9(11)10(12)16(15-6)5-8-3-4-13-7(2)14-8/h3-4H,5,12H2,1-2H3. The number of hydrogen-bond donors (Lipinski definition) is 1. The largest absolute Gasteiger partial charge is 0.383 e. The maximum atomic E-state index is 5.94. The second kappa shape index (κ2) is 4.36. The van der Waals surface area contributed by atoms with Crippen molar-refractivity contribution in [1.29, 1.82) is 0 Å². The molecule has 2 aromatic rings. The van der Waals surface area contributed by atoms with Gasteiger partial charge in [0.25, 0.3) is 0 Å². The second-order valence-electron chi connectivity index (χ2n) is 3.54. The molecule has 16 heavy (non-hydrogen) atoms. The Morgan fingerprint density at radius 3 is 2.75 bits per heavy atom. The Balaban J connectivity index is 2.30. The van der Waals surface area contributed by atoms with Gasteiger partial charge in [-0.15, -0.1) is 0 Å². The SMILES string of the molecule is Cc1nccc(Cn2nc(C)c(I)c2N)n1. The molecule has 5 nitrogen and oxygen atoms in total. The summed E-state index contributed by atoms with van der Waals surface area (Å²) < 4.78 is 2.77. The average molecular weight is 329 g/mol. The number of aromatic nitrogens is 4. The minimum Gasteiger partial charge on any atom is -0.383 e. The summed E-state index contributed by atoms with van der Waals surface area (Å²) in [4.78, 5) is 8.37. The van der Waals surface area contributed by atoms with Gasteiger partial charge in [0, 0.05) is 6.20 Å². The van der Waals surface area contributed by atoms with E-state index in [2.05, 4.69) is 37.7 Å². The molecule has 0 aliphatic heterocycles. The van der Waals surface area contributed by atoms with Crippen molar-refractivity contribution in [3.63, 3.8) is 0 Å². The van der Waals surface area contributed by atoms with Crippen molar-refractivity contribution in [2.24, 2.45) is 0 Å². The summed E-state index contributed by atoms with van der Waals surface area (Å²) >= 11 is 2.20. The third kappa shape index (κ3) is 2.16. The van der Waals surface area contributed by atoms with Gasteiger partial charge in [0.1, 0.15) is 11.6 Å². The molecule has 0 aliphatic carbocycles. The van der Waals surface area contributed by atoms with Crippen LogP contribution in [0.4, 0.5) is 5.82 Å². The normalized spacial score (nSPS) is 10.7. The molecule has 0 fully saturated rings. The molecule has 0 amide bonds. The fourth-order valence-electron chi connectivity index (χ4n) is 1.44. The zero-order valence-electron chi connectivity index (χ0n) is 9.11. The highest BCUT2D eigenvalue weighted by atomic mass is 127. The molecule has 2 heterocycles. The number of halogens is 1. The first-order valence-electron chi connectivity index (χ1n) is 4.85. The van der Waals surface area contributed by atoms with E-state index in [-0.39, 0.29) is 0 Å². The number of rotatable bonds is 2. The van der Waals surface area contributed by atoms with Crippen molar-refractivity contribution in [3.05, 3.63) is 33.0 Å². The number of hydrogen-bond acceptors (Lipinski definition) is 4. The molecule has 6 heteroatoms. The number of nitrogen functional groups attached to an aromatic ring is 1. The minimum atomic E-state index is 0.582. The van der Waals surface area contributed by atoms with Gasteiger partial charge in [-0.3, -0.25) is 0 Å². The molecule has 0 radical (unpaired) electrons. The van der Waals surface area contributed by atoms with E-state index in [4.69, 9.17) is 5.73 Å². The van der Waals surface area contributed by atoms with Gasteiger partial charge in [0.15, 0.2) is 0 Å². The van der Waals surface area contributed by atoms with Crippen LogP contribution in [0.25, 0.3) is 0 Å². The predicted octanol–water partition coefficient (Wildman–Crippen LogP) is 1.53. The number of anilines is 1. The van der Waals surface area contributed by atoms with Gasteiger partial charge in [-0.25, -0.2) is 14.6 Å². The van der Waals surface area contributed by atoms with Crippen LogP contribution in [0.3, 0.4) is 0 Å². The lowest BCUT2D eigenvalue weighted by Crippen LogP contribution is -2.08. The highest BCUT2D eigenvalue weighted by Crippen LogP contribution is 2.18. The molecule has 0 aromatic carbocycles. The fraction of sp³-hybridized carbons (Fsp3) is 0.300. The summed E-state index contributed by atoms with van der Waals surface area (Å²) in [5, 5.41) is 4.36. The minimum absolute atomic E-state index is 0.582. The number of aryl methyl sites for hydroxylation is 2. The van der Waals surface area contributed by atoms with Gasteiger partial charge in [0.2, 0.25) is 0 Å². The predicted molar refractivity (Wildman–Crippen MR) is 70.0 cm³/mol. The van der Waals surface area contributed by atoms with E-state index < -0.39 is 0 Å². The molecule has 0 spiro atoms. The van der Waals surface area contributed by atoms with Crippen molar-refractivity contribution in [2.75, 3.05) is 5.73 Å². The van der Waals surface area contributed by atoms with Gasteiger partial charge >= 0.3 is 0 Å². The number of nitrogens with two attached hydrogens (primary N) is 1. The van der Waals surface area contributed by atoms with E-state index in [9.17, 15) is 0 Å². The molecule has 2 N–H and O–H groups in total. The second-order valence-corrected chi connectivity index (χ2v) is 4.62. The van der Waals surface area contributed by atoms with Gasteiger partial charge in [-0.1, -0.05) is 0 Å². The molecule has 2 aromatic heterocycles. The van der Waals surface area contributed by atoms with Crippen molar-refractivity contribution in [3.8, 4) is 0 Å². The first kappa shape index (κ1) is 11.3. The molecular formula is C10H12IN5. The van der Waals surface area contributed by atoms with Gasteiger partial charge in [-0.05, 0) is 42.5 Å². The molecule has 0 unspecified atom stereocenters. The van der Waals surface area contributed by atoms with Crippen molar-refractivity contribution in [1.82, 2.24) is 19.7 Å². The summed E-state index contributed by atoms with van der Waals surface area (Å²) in [5.74, 6) is 1.45. The number of nitrogens with zero attached hydrogens (tertiary/aromatic N) is 4. The van der Waals surface area contributed by atoms with Gasteiger partial charge in [-0.2, -0.15) is 5.10 Å². The topological polar surface area (TPSA) is 69.6 Å². The lowest BCUT2D eigenvalue weighted by atomic mass is 10.4. The Labute approximate surface area is 107 Å². The monoisotopic (exact) mass is 329 g/mol. The lowest BCUT2D eigenvalue weighted by Gasteiger charge is -2.03. The highest BCUT2D eigenvalue weighted by Gasteiger charge is 2.10. The first-order valence-corrected chi connectivity index (χ1v) is 5.92. The zero-order valence-corrected chi connectivity index (χ0v) is 11.3. The average Bonchev–Trinajstić information content (AvgIpc) is 2.47. The maximum Gasteiger partial charge on any atom is 0.135 e. The Kier molecular flexibility index (Phi) is 3.08. The molecule has 0 atom stereocenters. The summed E-state index contributed by atoms with van der Waals surface area (Å²) in [7, 11) is 0. The summed E-state index contributed by atoms with van der Waals surface area (Å²) in [5.41, 5.74) is 7.80. The smallest absolute Gasteiger partial charge is 0.135 e. The van der Waals surface area contributed by atoms with Crippen LogP contribution in [0.5, 0.6) is 0 Å². The van der Waals surface area contributed by atoms with Crippen molar-refractivity contribution in [2.45, 2.75) is 20.4 Å². The molecule has 2 rings (SSSR count). The third-order valence-corrected chi connectivity index (χ3v) is 3.57. The van der Waals surface area contributed by atoms with E-state index in [1.165, 1.54) is 0 Å². The Morgan fingerprint density at radius 1 is 1.44 bits per heavy atom. The van der Waals surface area contributed by atoms with Crippen LogP contribution >= 0.6 is 22.6 Å². The van der Waals surface area contributed by atoms with Gasteiger partial charge in [0.05, 0.1) is 21.5 Å². The van der Waals surface area contributed by atoms with Crippen molar-refractivity contribution >= 4 is 28.4 Å². The fourth-order valence-corrected chi connectivity index (χ4v) is 1.83. The van der Waals surface area contributed by atoms with E-state index in [0.29, 0.717) is 12.4 Å². The van der Waals surface area contributed by atoms with E-state index in [1.807, 2.05) is 19.9 Å².